The van der Waals surface area contributed by atoms with Crippen molar-refractivity contribution in [1.29, 1.82) is 0 Å². The lowest BCUT2D eigenvalue weighted by Crippen LogP contribution is -1.90. The smallest absolute Gasteiger partial charge is 0.00206 e. The third-order valence-electron chi connectivity index (χ3n) is 6.05. The van der Waals surface area contributed by atoms with E-state index in [9.17, 15) is 0 Å². The van der Waals surface area contributed by atoms with Crippen molar-refractivity contribution in [3.63, 3.8) is 0 Å². The van der Waals surface area contributed by atoms with Crippen molar-refractivity contribution in [2.24, 2.45) is 0 Å². The minimum atomic E-state index is 1.27. The van der Waals surface area contributed by atoms with E-state index in [-0.39, 0.29) is 0 Å². The van der Waals surface area contributed by atoms with Gasteiger partial charge in [0.05, 0.1) is 0 Å². The van der Waals surface area contributed by atoms with Crippen LogP contribution in [0.2, 0.25) is 0 Å². The Morgan fingerprint density at radius 1 is 0.300 bits per heavy atom. The molecule has 0 heterocycles. The van der Waals surface area contributed by atoms with Gasteiger partial charge in [0.15, 0.2) is 0 Å². The van der Waals surface area contributed by atoms with Crippen molar-refractivity contribution < 1.29 is 0 Å². The molecular formula is C30H20. The van der Waals surface area contributed by atoms with Crippen LogP contribution in [0.5, 0.6) is 0 Å². The summed E-state index contributed by atoms with van der Waals surface area (Å²) in [5.74, 6) is 0. The lowest BCUT2D eigenvalue weighted by Gasteiger charge is -2.17. The highest BCUT2D eigenvalue weighted by Crippen LogP contribution is 2.42. The second-order valence-electron chi connectivity index (χ2n) is 7.77. The molecule has 30 heavy (non-hydrogen) atoms. The van der Waals surface area contributed by atoms with E-state index in [0.29, 0.717) is 0 Å². The number of hydrogen-bond acceptors (Lipinski definition) is 0. The normalized spacial score (nSPS) is 11.3. The summed E-state index contributed by atoms with van der Waals surface area (Å²) in [6, 6.07) is 43.8. The van der Waals surface area contributed by atoms with E-state index in [1.165, 1.54) is 54.6 Å². The van der Waals surface area contributed by atoms with Crippen LogP contribution >= 0.6 is 0 Å². The molecule has 6 aromatic carbocycles. The zero-order valence-electron chi connectivity index (χ0n) is 16.5. The average Bonchev–Trinajstić information content (AvgIpc) is 2.82. The summed E-state index contributed by atoms with van der Waals surface area (Å²) in [6.07, 6.45) is 0. The van der Waals surface area contributed by atoms with Crippen molar-refractivity contribution >= 4 is 32.3 Å². The minimum absolute atomic E-state index is 1.27. The number of hydrogen-bond donors (Lipinski definition) is 0. The molecule has 0 amide bonds. The molecule has 0 nitrogen and oxygen atoms in total. The number of rotatable bonds is 2. The Kier molecular flexibility index (Phi) is 3.89. The summed E-state index contributed by atoms with van der Waals surface area (Å²) >= 11 is 0. The Morgan fingerprint density at radius 3 is 1.47 bits per heavy atom. The Hall–Kier alpha value is -3.90. The molecule has 0 atom stereocenters. The second kappa shape index (κ2) is 6.86. The van der Waals surface area contributed by atoms with Gasteiger partial charge in [-0.2, -0.15) is 0 Å². The second-order valence-corrected chi connectivity index (χ2v) is 7.77. The predicted octanol–water partition coefficient (Wildman–Crippen LogP) is 8.48. The first kappa shape index (κ1) is 17.0. The van der Waals surface area contributed by atoms with Crippen molar-refractivity contribution in [2.75, 3.05) is 0 Å². The number of fused-ring (bicyclic) bond motifs is 3. The van der Waals surface area contributed by atoms with Gasteiger partial charge in [-0.15, -0.1) is 0 Å². The van der Waals surface area contributed by atoms with Gasteiger partial charge in [-0.05, 0) is 60.6 Å². The summed E-state index contributed by atoms with van der Waals surface area (Å²) in [6.45, 7) is 0. The SMILES string of the molecule is c1ccc(-c2c3ccccc3cc3ccccc23)c(-c2cccc3ccccc23)c1. The van der Waals surface area contributed by atoms with E-state index in [1.54, 1.807) is 0 Å². The van der Waals surface area contributed by atoms with Gasteiger partial charge in [0.1, 0.15) is 0 Å². The molecule has 140 valence electrons. The Balaban J connectivity index is 1.76. The molecule has 0 spiro atoms. The van der Waals surface area contributed by atoms with Gasteiger partial charge in [0, 0.05) is 0 Å². The van der Waals surface area contributed by atoms with E-state index < -0.39 is 0 Å². The zero-order valence-corrected chi connectivity index (χ0v) is 16.5. The molecule has 0 saturated carbocycles. The fourth-order valence-corrected chi connectivity index (χ4v) is 4.70. The van der Waals surface area contributed by atoms with Crippen molar-refractivity contribution in [3.8, 4) is 22.3 Å². The quantitative estimate of drug-likeness (QED) is 0.264. The maximum atomic E-state index is 2.30. The molecule has 0 bridgehead atoms. The molecule has 0 unspecified atom stereocenters. The van der Waals surface area contributed by atoms with E-state index in [4.69, 9.17) is 0 Å². The van der Waals surface area contributed by atoms with Crippen molar-refractivity contribution in [1.82, 2.24) is 0 Å². The van der Waals surface area contributed by atoms with Crippen LogP contribution in [0.15, 0.2) is 121 Å². The maximum absolute atomic E-state index is 2.30. The van der Waals surface area contributed by atoms with E-state index in [0.717, 1.165) is 0 Å². The Labute approximate surface area is 176 Å². The first-order chi connectivity index (χ1) is 14.9. The van der Waals surface area contributed by atoms with Crippen LogP contribution in [0.3, 0.4) is 0 Å². The number of benzene rings is 6. The summed E-state index contributed by atoms with van der Waals surface area (Å²) in [4.78, 5) is 0. The summed E-state index contributed by atoms with van der Waals surface area (Å²) in [7, 11) is 0. The highest BCUT2D eigenvalue weighted by molar-refractivity contribution is 6.15. The molecular weight excluding hydrogens is 360 g/mol. The summed E-state index contributed by atoms with van der Waals surface area (Å²) in [5.41, 5.74) is 5.14. The molecule has 6 rings (SSSR count). The highest BCUT2D eigenvalue weighted by atomic mass is 14.2. The summed E-state index contributed by atoms with van der Waals surface area (Å²) < 4.78 is 0. The van der Waals surface area contributed by atoms with Crippen LogP contribution < -0.4 is 0 Å². The molecule has 0 fully saturated rings. The largest absolute Gasteiger partial charge is 0.0616 e. The minimum Gasteiger partial charge on any atom is -0.0616 e. The molecule has 0 N–H and O–H groups in total. The van der Waals surface area contributed by atoms with Crippen LogP contribution in [-0.4, -0.2) is 0 Å². The first-order valence-electron chi connectivity index (χ1n) is 10.4. The summed E-state index contributed by atoms with van der Waals surface area (Å²) in [5, 5.41) is 7.70. The molecule has 0 saturated heterocycles. The van der Waals surface area contributed by atoms with Gasteiger partial charge in [-0.1, -0.05) is 115 Å². The topological polar surface area (TPSA) is 0 Å². The molecule has 0 aliphatic heterocycles. The van der Waals surface area contributed by atoms with Gasteiger partial charge in [-0.3, -0.25) is 0 Å². The monoisotopic (exact) mass is 380 g/mol. The molecule has 0 radical (unpaired) electrons. The fourth-order valence-electron chi connectivity index (χ4n) is 4.70. The standard InChI is InChI=1S/C30H20/c1-4-14-24-21(10-1)13-9-19-27(24)28-17-7-8-18-29(28)30-25-15-5-2-11-22(25)20-23-12-3-6-16-26(23)30/h1-20H. The molecule has 0 aliphatic carbocycles. The molecule has 6 aromatic rings. The maximum Gasteiger partial charge on any atom is -0.00206 e. The predicted molar refractivity (Wildman–Crippen MR) is 130 cm³/mol. The third-order valence-corrected chi connectivity index (χ3v) is 6.05. The van der Waals surface area contributed by atoms with Crippen LogP contribution in [0.1, 0.15) is 0 Å². The average molecular weight is 380 g/mol. The zero-order chi connectivity index (χ0) is 19.9. The van der Waals surface area contributed by atoms with Gasteiger partial charge in [-0.25, -0.2) is 0 Å². The van der Waals surface area contributed by atoms with E-state index in [2.05, 4.69) is 121 Å². The van der Waals surface area contributed by atoms with Gasteiger partial charge in [0.2, 0.25) is 0 Å². The molecule has 0 aromatic heterocycles. The van der Waals surface area contributed by atoms with E-state index >= 15 is 0 Å². The lowest BCUT2D eigenvalue weighted by atomic mass is 9.86. The molecule has 0 aliphatic rings. The van der Waals surface area contributed by atoms with E-state index in [1.807, 2.05) is 0 Å². The molecule has 0 heteroatoms. The van der Waals surface area contributed by atoms with Gasteiger partial charge in [0.25, 0.3) is 0 Å². The van der Waals surface area contributed by atoms with Crippen LogP contribution in [0.4, 0.5) is 0 Å². The van der Waals surface area contributed by atoms with Crippen molar-refractivity contribution in [2.45, 2.75) is 0 Å². The van der Waals surface area contributed by atoms with Gasteiger partial charge < -0.3 is 0 Å². The van der Waals surface area contributed by atoms with Gasteiger partial charge >= 0.3 is 0 Å². The van der Waals surface area contributed by atoms with Crippen LogP contribution in [-0.2, 0) is 0 Å². The van der Waals surface area contributed by atoms with Crippen molar-refractivity contribution in [3.05, 3.63) is 121 Å². The van der Waals surface area contributed by atoms with Crippen LogP contribution in [0, 0.1) is 0 Å². The highest BCUT2D eigenvalue weighted by Gasteiger charge is 2.15. The third kappa shape index (κ3) is 2.62. The Morgan fingerprint density at radius 2 is 0.767 bits per heavy atom. The van der Waals surface area contributed by atoms with Crippen LogP contribution in [0.25, 0.3) is 54.6 Å². The first-order valence-corrected chi connectivity index (χ1v) is 10.4. The fraction of sp³-hybridized carbons (Fsp3) is 0. The lowest BCUT2D eigenvalue weighted by molar-refractivity contribution is 1.63. The Bertz CT molecular complexity index is 1480.